The molecule has 5 N–H and O–H groups in total. The van der Waals surface area contributed by atoms with Crippen molar-refractivity contribution in [3.05, 3.63) is 36.0 Å². The van der Waals surface area contributed by atoms with Crippen LogP contribution in [0.25, 0.3) is 10.9 Å². The van der Waals surface area contributed by atoms with Gasteiger partial charge in [-0.1, -0.05) is 18.2 Å². The van der Waals surface area contributed by atoms with Crippen LogP contribution in [0.2, 0.25) is 0 Å². The number of nitrogens with two attached hydrogens (primary N) is 1. The molecular weight excluding hydrogens is 369 g/mol. The van der Waals surface area contributed by atoms with Crippen LogP contribution in [0.15, 0.2) is 30.3 Å². The van der Waals surface area contributed by atoms with Crippen molar-refractivity contribution in [2.45, 2.75) is 25.1 Å². The molecule has 8 nitrogen and oxygen atoms in total. The summed E-state index contributed by atoms with van der Waals surface area (Å²) in [5.74, 6) is -3.47. The molecule has 2 heterocycles. The highest BCUT2D eigenvalue weighted by atomic mass is 19.4. The van der Waals surface area contributed by atoms with E-state index in [9.17, 15) is 22.8 Å². The fraction of sp³-hybridized carbons (Fsp3) is 0.312. The van der Waals surface area contributed by atoms with Crippen molar-refractivity contribution >= 4 is 28.7 Å². The summed E-state index contributed by atoms with van der Waals surface area (Å²) in [5.41, 5.74) is 9.18. The van der Waals surface area contributed by atoms with Gasteiger partial charge in [-0.25, -0.2) is 9.47 Å². The Morgan fingerprint density at radius 3 is 2.41 bits per heavy atom. The number of aliphatic carboxylic acids is 1. The molecule has 146 valence electrons. The van der Waals surface area contributed by atoms with Crippen molar-refractivity contribution in [3.63, 3.8) is 0 Å². The quantitative estimate of drug-likeness (QED) is 0.630. The molecule has 2 aromatic rings. The number of hydrogen-bond acceptors (Lipinski definition) is 4. The molecule has 0 spiro atoms. The van der Waals surface area contributed by atoms with Gasteiger partial charge in [0.15, 0.2) is 0 Å². The Morgan fingerprint density at radius 1 is 1.26 bits per heavy atom. The number of carbonyl (C=O) groups is 3. The van der Waals surface area contributed by atoms with E-state index >= 15 is 0 Å². The number of nitrogens with zero attached hydrogens (tertiary/aromatic N) is 1. The molecule has 1 aliphatic heterocycles. The lowest BCUT2D eigenvalue weighted by molar-refractivity contribution is -0.192. The number of amides is 2. The van der Waals surface area contributed by atoms with Gasteiger partial charge in [0, 0.05) is 5.39 Å². The second-order valence-corrected chi connectivity index (χ2v) is 5.72. The van der Waals surface area contributed by atoms with Crippen LogP contribution in [0.4, 0.5) is 13.2 Å². The van der Waals surface area contributed by atoms with Crippen LogP contribution in [0.3, 0.4) is 0 Å². The van der Waals surface area contributed by atoms with Crippen LogP contribution >= 0.6 is 0 Å². The summed E-state index contributed by atoms with van der Waals surface area (Å²) < 4.78 is 33.2. The van der Waals surface area contributed by atoms with Crippen LogP contribution in [0.5, 0.6) is 0 Å². The van der Waals surface area contributed by atoms with Crippen molar-refractivity contribution in [3.8, 4) is 0 Å². The van der Waals surface area contributed by atoms with E-state index in [4.69, 9.17) is 15.6 Å². The van der Waals surface area contributed by atoms with Crippen molar-refractivity contribution in [2.75, 3.05) is 12.0 Å². The van der Waals surface area contributed by atoms with Gasteiger partial charge in [-0.05, 0) is 31.5 Å². The summed E-state index contributed by atoms with van der Waals surface area (Å²) in [4.78, 5) is 32.6. The van der Waals surface area contributed by atoms with Crippen molar-refractivity contribution in [2.24, 2.45) is 5.73 Å². The van der Waals surface area contributed by atoms with Crippen LogP contribution < -0.4 is 16.5 Å². The van der Waals surface area contributed by atoms with Crippen LogP contribution in [0.1, 0.15) is 23.3 Å². The van der Waals surface area contributed by atoms with Gasteiger partial charge in [0.2, 0.25) is 0 Å². The molecule has 1 aromatic heterocycles. The fourth-order valence-corrected chi connectivity index (χ4v) is 2.55. The topological polar surface area (TPSA) is 126 Å². The van der Waals surface area contributed by atoms with Crippen molar-refractivity contribution in [1.29, 1.82) is 0 Å². The van der Waals surface area contributed by atoms with Gasteiger partial charge >= 0.3 is 12.1 Å². The Hall–Kier alpha value is -3.08. The molecule has 1 saturated heterocycles. The number of aromatic nitrogens is 1. The lowest BCUT2D eigenvalue weighted by Gasteiger charge is -2.14. The minimum Gasteiger partial charge on any atom is -0.475 e. The number of hydrogen-bond donors (Lipinski definition) is 4. The third-order valence-electron chi connectivity index (χ3n) is 3.80. The zero-order valence-electron chi connectivity index (χ0n) is 13.9. The maximum atomic E-state index is 12.2. The first-order chi connectivity index (χ1) is 12.6. The van der Waals surface area contributed by atoms with Crippen LogP contribution in [0, 0.1) is 0 Å². The summed E-state index contributed by atoms with van der Waals surface area (Å²) >= 11 is 0. The summed E-state index contributed by atoms with van der Waals surface area (Å²) in [6.45, 7) is 0.840. The van der Waals surface area contributed by atoms with E-state index in [1.54, 1.807) is 6.07 Å². The van der Waals surface area contributed by atoms with Gasteiger partial charge in [-0.2, -0.15) is 13.2 Å². The summed E-state index contributed by atoms with van der Waals surface area (Å²) in [5, 5.41) is 11.1. The van der Waals surface area contributed by atoms with Gasteiger partial charge in [-0.3, -0.25) is 15.0 Å². The molecule has 1 aromatic carbocycles. The molecule has 27 heavy (non-hydrogen) atoms. The molecule has 0 saturated carbocycles. The zero-order chi connectivity index (χ0) is 20.2. The number of carboxylic acids is 1. The smallest absolute Gasteiger partial charge is 0.475 e. The zero-order valence-corrected chi connectivity index (χ0v) is 13.9. The molecule has 0 aliphatic carbocycles. The Labute approximate surface area is 151 Å². The van der Waals surface area contributed by atoms with E-state index in [-0.39, 0.29) is 17.6 Å². The second kappa shape index (κ2) is 8.08. The van der Waals surface area contributed by atoms with Crippen molar-refractivity contribution in [1.82, 2.24) is 9.99 Å². The van der Waals surface area contributed by atoms with Crippen molar-refractivity contribution < 1.29 is 32.7 Å². The predicted molar refractivity (Wildman–Crippen MR) is 89.5 cm³/mol. The fourth-order valence-electron chi connectivity index (χ4n) is 2.55. The largest absolute Gasteiger partial charge is 0.490 e. The Balaban J connectivity index is 0.000000321. The molecule has 1 aliphatic rings. The molecule has 3 rings (SSSR count). The first kappa shape index (κ1) is 20.2. The highest BCUT2D eigenvalue weighted by molar-refractivity contribution is 6.00. The first-order valence-corrected chi connectivity index (χ1v) is 7.86. The maximum Gasteiger partial charge on any atom is 0.490 e. The van der Waals surface area contributed by atoms with E-state index in [0.29, 0.717) is 0 Å². The average Bonchev–Trinajstić information content (AvgIpc) is 3.23. The third kappa shape index (κ3) is 4.97. The first-order valence-electron chi connectivity index (χ1n) is 7.86. The number of fused-ring (bicyclic) bond motifs is 1. The van der Waals surface area contributed by atoms with Gasteiger partial charge in [0.05, 0.1) is 11.6 Å². The van der Waals surface area contributed by atoms with E-state index in [1.165, 1.54) is 4.68 Å². The number of para-hydroxylation sites is 1. The van der Waals surface area contributed by atoms with Gasteiger partial charge in [0.25, 0.3) is 11.8 Å². The van der Waals surface area contributed by atoms with Gasteiger partial charge < -0.3 is 16.2 Å². The Kier molecular flexibility index (Phi) is 6.05. The highest BCUT2D eigenvalue weighted by Gasteiger charge is 2.38. The molecule has 0 unspecified atom stereocenters. The standard InChI is InChI=1S/C14H16N4O2.C2HF3O2/c15-13(19)12-8-9-4-1-2-6-11(9)18(12)17-14(20)10-5-3-7-16-10;3-2(4,5)1(6)7/h1-2,4,6,8,10,16H,3,5,7H2,(H2,15,19)(H,17,20);(H,6,7)/t10-;/m0./s1. The summed E-state index contributed by atoms with van der Waals surface area (Å²) in [6, 6.07) is 8.90. The van der Waals surface area contributed by atoms with E-state index < -0.39 is 18.1 Å². The Bertz CT molecular complexity index is 857. The molecular formula is C16H17F3N4O4. The van der Waals surface area contributed by atoms with Crippen LogP contribution in [-0.2, 0) is 9.59 Å². The average molecular weight is 386 g/mol. The SMILES string of the molecule is NC(=O)c1cc2ccccc2n1NC(=O)[C@@H]1CCCN1.O=C(O)C(F)(F)F. The number of carbonyl (C=O) groups excluding carboxylic acids is 2. The molecule has 11 heteroatoms. The normalized spacial score (nSPS) is 16.5. The second-order valence-electron chi connectivity index (χ2n) is 5.72. The number of rotatable bonds is 3. The molecule has 0 radical (unpaired) electrons. The Morgan fingerprint density at radius 2 is 1.89 bits per heavy atom. The van der Waals surface area contributed by atoms with E-state index in [1.807, 2.05) is 24.3 Å². The third-order valence-corrected chi connectivity index (χ3v) is 3.80. The van der Waals surface area contributed by atoms with E-state index in [2.05, 4.69) is 10.7 Å². The van der Waals surface area contributed by atoms with Gasteiger partial charge in [-0.15, -0.1) is 0 Å². The number of nitrogens with one attached hydrogen (secondary N) is 2. The predicted octanol–water partition coefficient (Wildman–Crippen LogP) is 1.20. The van der Waals surface area contributed by atoms with E-state index in [0.717, 1.165) is 30.3 Å². The number of primary amides is 1. The number of carboxylic acid groups (broad SMARTS) is 1. The highest BCUT2D eigenvalue weighted by Crippen LogP contribution is 2.18. The number of halogens is 3. The van der Waals surface area contributed by atoms with Crippen LogP contribution in [-0.4, -0.2) is 46.3 Å². The number of alkyl halides is 3. The lowest BCUT2D eigenvalue weighted by atomic mass is 10.2. The minimum atomic E-state index is -5.08. The minimum absolute atomic E-state index is 0.147. The molecule has 2 amide bonds. The maximum absolute atomic E-state index is 12.2. The molecule has 1 fully saturated rings. The lowest BCUT2D eigenvalue weighted by Crippen LogP contribution is -2.40. The number of benzene rings is 1. The van der Waals surface area contributed by atoms with Gasteiger partial charge in [0.1, 0.15) is 5.69 Å². The summed E-state index contributed by atoms with van der Waals surface area (Å²) in [7, 11) is 0. The summed E-state index contributed by atoms with van der Waals surface area (Å²) in [6.07, 6.45) is -3.30. The molecule has 0 bridgehead atoms. The monoisotopic (exact) mass is 386 g/mol. The molecule has 1 atom stereocenters.